The maximum absolute atomic E-state index is 13.9. The monoisotopic (exact) mass is 511 g/mol. The van der Waals surface area contributed by atoms with Crippen LogP contribution in [0.25, 0.3) is 21.8 Å². The lowest BCUT2D eigenvalue weighted by atomic mass is 9.88. The molecule has 0 radical (unpaired) electrons. The number of esters is 1. The highest BCUT2D eigenvalue weighted by molar-refractivity contribution is 5.83. The largest absolute Gasteiger partial charge is 0.507 e. The minimum Gasteiger partial charge on any atom is -0.507 e. The molecule has 8 heteroatoms. The Balaban J connectivity index is 1.62. The predicted molar refractivity (Wildman–Crippen MR) is 147 cm³/mol. The van der Waals surface area contributed by atoms with Crippen LogP contribution in [0.15, 0.2) is 70.4 Å². The topological polar surface area (TPSA) is 117 Å². The number of ether oxygens (including phenoxy) is 1. The van der Waals surface area contributed by atoms with Gasteiger partial charge >= 0.3 is 5.97 Å². The number of para-hydroxylation sites is 1. The zero-order chi connectivity index (χ0) is 27.0. The Morgan fingerprint density at radius 1 is 1.05 bits per heavy atom. The third-order valence-electron chi connectivity index (χ3n) is 7.15. The molecule has 0 unspecified atom stereocenters. The van der Waals surface area contributed by atoms with Crippen LogP contribution in [0.4, 0.5) is 0 Å². The second-order valence-electron chi connectivity index (χ2n) is 9.63. The molecule has 0 fully saturated rings. The van der Waals surface area contributed by atoms with Crippen molar-refractivity contribution in [1.82, 2.24) is 14.5 Å². The van der Waals surface area contributed by atoms with Gasteiger partial charge in [0.25, 0.3) is 11.1 Å². The first-order valence-electron chi connectivity index (χ1n) is 12.5. The lowest BCUT2D eigenvalue weighted by molar-refractivity contribution is -0.140. The molecule has 0 amide bonds. The Morgan fingerprint density at radius 3 is 2.63 bits per heavy atom. The van der Waals surface area contributed by atoms with Gasteiger partial charge in [-0.05, 0) is 61.5 Å². The van der Waals surface area contributed by atoms with Crippen LogP contribution in [0, 0.1) is 13.8 Å². The van der Waals surface area contributed by atoms with E-state index >= 15 is 0 Å². The molecule has 3 aromatic heterocycles. The van der Waals surface area contributed by atoms with Gasteiger partial charge in [0.2, 0.25) is 0 Å². The van der Waals surface area contributed by atoms with E-state index in [1.807, 2.05) is 55.6 Å². The number of benzene rings is 2. The Bertz CT molecular complexity index is 1790. The van der Waals surface area contributed by atoms with E-state index in [-0.39, 0.29) is 23.3 Å². The van der Waals surface area contributed by atoms with Crippen LogP contribution in [0.1, 0.15) is 40.3 Å². The van der Waals surface area contributed by atoms with E-state index in [1.165, 1.54) is 13.2 Å². The molecule has 8 nitrogen and oxygen atoms in total. The molecule has 0 saturated heterocycles. The summed E-state index contributed by atoms with van der Waals surface area (Å²) in [6.07, 6.45) is 2.24. The number of aromatic nitrogens is 3. The van der Waals surface area contributed by atoms with Gasteiger partial charge in [-0.3, -0.25) is 14.4 Å². The van der Waals surface area contributed by atoms with Crippen LogP contribution < -0.4 is 11.1 Å². The first-order valence-corrected chi connectivity index (χ1v) is 12.5. The lowest BCUT2D eigenvalue weighted by Gasteiger charge is -2.20. The summed E-state index contributed by atoms with van der Waals surface area (Å²) in [7, 11) is 1.25. The van der Waals surface area contributed by atoms with Crippen molar-refractivity contribution in [3.05, 3.63) is 109 Å². The van der Waals surface area contributed by atoms with Crippen molar-refractivity contribution in [1.29, 1.82) is 0 Å². The molecular weight excluding hydrogens is 482 g/mol. The average molecular weight is 512 g/mol. The van der Waals surface area contributed by atoms with Gasteiger partial charge in [-0.15, -0.1) is 0 Å². The van der Waals surface area contributed by atoms with Gasteiger partial charge in [0.1, 0.15) is 5.75 Å². The van der Waals surface area contributed by atoms with Crippen LogP contribution in [0.5, 0.6) is 5.75 Å². The lowest BCUT2D eigenvalue weighted by Crippen LogP contribution is -2.31. The summed E-state index contributed by atoms with van der Waals surface area (Å²) in [6.45, 7) is 4.05. The van der Waals surface area contributed by atoms with Crippen LogP contribution in [0.3, 0.4) is 0 Å². The summed E-state index contributed by atoms with van der Waals surface area (Å²) < 4.78 is 6.48. The van der Waals surface area contributed by atoms with E-state index in [2.05, 4.69) is 9.97 Å². The smallest absolute Gasteiger partial charge is 0.306 e. The highest BCUT2D eigenvalue weighted by Crippen LogP contribution is 2.32. The van der Waals surface area contributed by atoms with Crippen molar-refractivity contribution >= 4 is 27.8 Å². The van der Waals surface area contributed by atoms with E-state index in [0.29, 0.717) is 24.2 Å². The number of aryl methyl sites for hydroxylation is 3. The second kappa shape index (κ2) is 10.0. The van der Waals surface area contributed by atoms with Crippen molar-refractivity contribution in [3.63, 3.8) is 0 Å². The van der Waals surface area contributed by atoms with Crippen molar-refractivity contribution < 1.29 is 14.6 Å². The predicted octanol–water partition coefficient (Wildman–Crippen LogP) is 4.43. The molecule has 194 valence electrons. The fourth-order valence-corrected chi connectivity index (χ4v) is 5.16. The van der Waals surface area contributed by atoms with Gasteiger partial charge in [0.05, 0.1) is 19.1 Å². The summed E-state index contributed by atoms with van der Waals surface area (Å²) in [5, 5.41) is 12.8. The molecular formula is C30H29N3O5. The molecule has 1 atom stereocenters. The van der Waals surface area contributed by atoms with E-state index in [0.717, 1.165) is 27.4 Å². The molecule has 0 spiro atoms. The molecule has 0 bridgehead atoms. The summed E-state index contributed by atoms with van der Waals surface area (Å²) in [6, 6.07) is 16.8. The van der Waals surface area contributed by atoms with Gasteiger partial charge in [0.15, 0.2) is 0 Å². The number of rotatable bonds is 7. The highest BCUT2D eigenvalue weighted by Gasteiger charge is 2.29. The van der Waals surface area contributed by atoms with Crippen molar-refractivity contribution in [2.45, 2.75) is 39.2 Å². The number of nitrogens with zero attached hydrogens (tertiary/aromatic N) is 1. The summed E-state index contributed by atoms with van der Waals surface area (Å²) in [4.78, 5) is 45.6. The zero-order valence-electron chi connectivity index (χ0n) is 21.5. The van der Waals surface area contributed by atoms with E-state index in [9.17, 15) is 19.5 Å². The normalized spacial score (nSPS) is 12.2. The Kier molecular flexibility index (Phi) is 6.63. The number of hydrogen-bond donors (Lipinski definition) is 3. The van der Waals surface area contributed by atoms with Crippen molar-refractivity contribution in [2.24, 2.45) is 0 Å². The fourth-order valence-electron chi connectivity index (χ4n) is 5.16. The number of hydrogen-bond acceptors (Lipinski definition) is 5. The van der Waals surface area contributed by atoms with Gasteiger partial charge < -0.3 is 24.4 Å². The Labute approximate surface area is 218 Å². The first-order chi connectivity index (χ1) is 18.3. The second-order valence-corrected chi connectivity index (χ2v) is 9.63. The van der Waals surface area contributed by atoms with Crippen molar-refractivity contribution in [2.75, 3.05) is 7.11 Å². The molecule has 5 rings (SSSR count). The van der Waals surface area contributed by atoms with Crippen LogP contribution >= 0.6 is 0 Å². The molecule has 38 heavy (non-hydrogen) atoms. The minimum atomic E-state index is -0.997. The van der Waals surface area contributed by atoms with E-state index < -0.39 is 23.0 Å². The summed E-state index contributed by atoms with van der Waals surface area (Å²) in [5.41, 5.74) is 3.64. The number of carbonyl (C=O) groups excluding carboxylic acids is 1. The van der Waals surface area contributed by atoms with Gasteiger partial charge in [-0.1, -0.05) is 29.8 Å². The summed E-state index contributed by atoms with van der Waals surface area (Å²) in [5.74, 6) is -1.85. The van der Waals surface area contributed by atoms with Crippen LogP contribution in [-0.2, 0) is 22.5 Å². The van der Waals surface area contributed by atoms with Crippen LogP contribution in [-0.4, -0.2) is 32.7 Å². The molecule has 0 aliphatic rings. The number of H-pyrrole nitrogens is 2. The molecule has 3 N–H and O–H groups in total. The Morgan fingerprint density at radius 2 is 1.84 bits per heavy atom. The summed E-state index contributed by atoms with van der Waals surface area (Å²) >= 11 is 0. The molecule has 3 heterocycles. The van der Waals surface area contributed by atoms with Gasteiger partial charge in [-0.2, -0.15) is 0 Å². The average Bonchev–Trinajstić information content (AvgIpc) is 3.30. The standard InChI is InChI=1S/C30H29N3O5/c1-17-8-9-24-20(12-17)14-23(29(36)32-24)22(15-27(35)38-3)28-26(34)13-18(2)33(30(28)37)11-10-19-16-31-25-7-5-4-6-21(19)25/h4-9,12-14,16,22,31,34H,10-11,15H2,1-3H3,(H,32,36)/t22-/m0/s1. The third-order valence-corrected chi connectivity index (χ3v) is 7.15. The van der Waals surface area contributed by atoms with Gasteiger partial charge in [0, 0.05) is 46.3 Å². The Hall–Kier alpha value is -4.59. The highest BCUT2D eigenvalue weighted by atomic mass is 16.5. The quantitative estimate of drug-likeness (QED) is 0.280. The molecule has 2 aromatic carbocycles. The molecule has 0 saturated carbocycles. The number of aromatic amines is 2. The van der Waals surface area contributed by atoms with Crippen molar-refractivity contribution in [3.8, 4) is 5.75 Å². The molecule has 0 aliphatic carbocycles. The van der Waals surface area contributed by atoms with E-state index in [4.69, 9.17) is 4.74 Å². The van der Waals surface area contributed by atoms with Crippen LogP contribution in [0.2, 0.25) is 0 Å². The number of methoxy groups -OCH3 is 1. The maximum Gasteiger partial charge on any atom is 0.306 e. The first kappa shape index (κ1) is 25.1. The minimum absolute atomic E-state index is 0.00238. The van der Waals surface area contributed by atoms with E-state index in [1.54, 1.807) is 17.6 Å². The molecule has 5 aromatic rings. The number of nitrogens with one attached hydrogen (secondary N) is 2. The molecule has 0 aliphatic heterocycles. The number of carbonyl (C=O) groups is 1. The zero-order valence-corrected chi connectivity index (χ0v) is 21.5. The maximum atomic E-state index is 13.9. The van der Waals surface area contributed by atoms with Gasteiger partial charge in [-0.25, -0.2) is 0 Å². The fraction of sp³-hybridized carbons (Fsp3) is 0.233. The number of aromatic hydroxyl groups is 1. The number of pyridine rings is 2. The SMILES string of the molecule is COC(=O)C[C@@H](c1cc2cc(C)ccc2[nH]c1=O)c1c(O)cc(C)n(CCc2c[nH]c3ccccc23)c1=O. The third kappa shape index (κ3) is 4.61. The number of fused-ring (bicyclic) bond motifs is 2.